The molecule has 0 N–H and O–H groups in total. The van der Waals surface area contributed by atoms with Gasteiger partial charge in [-0.2, -0.15) is 0 Å². The Balaban J connectivity index is 1.22. The highest BCUT2D eigenvalue weighted by molar-refractivity contribution is 7.00. The van der Waals surface area contributed by atoms with Crippen LogP contribution in [0, 0.1) is 0 Å². The van der Waals surface area contributed by atoms with E-state index in [2.05, 4.69) is 289 Å². The normalized spacial score (nSPS) is 13.7. The van der Waals surface area contributed by atoms with Crippen LogP contribution < -0.4 is 26.2 Å². The van der Waals surface area contributed by atoms with E-state index in [0.29, 0.717) is 11.8 Å². The van der Waals surface area contributed by atoms with Crippen LogP contribution in [0.5, 0.6) is 0 Å². The van der Waals surface area contributed by atoms with Crippen molar-refractivity contribution < 1.29 is 0 Å². The number of hydrogen-bond acceptors (Lipinski definition) is 3. The number of nitrogens with zero attached hydrogens (tertiary/aromatic N) is 4. The lowest BCUT2D eigenvalue weighted by Gasteiger charge is -2.45. The fourth-order valence-corrected chi connectivity index (χ4v) is 11.9. The summed E-state index contributed by atoms with van der Waals surface area (Å²) in [6.45, 7) is 37.1. The number of para-hydroxylation sites is 3. The minimum atomic E-state index is -0.0500. The van der Waals surface area contributed by atoms with Crippen molar-refractivity contribution >= 4 is 68.3 Å². The third-order valence-corrected chi connectivity index (χ3v) is 16.4. The SMILES string of the molecule is CC(C)c1cccc(C(C)C)c1-n1c(-c2cccc(-c3cc4c5c(c3)N(c3ccc(C(C)(C)C)cc3)c3ccc(C(C)(C)C)cc3B5c3cc(C(C)(C)C)ccc3N4c3ccc(C(C)(C)C)cc3)c2)nc2ccccc21. The molecule has 1 aromatic heterocycles. The topological polar surface area (TPSA) is 24.3 Å². The van der Waals surface area contributed by atoms with Gasteiger partial charge >= 0.3 is 0 Å². The van der Waals surface area contributed by atoms with Gasteiger partial charge in [0.1, 0.15) is 5.82 Å². The number of anilines is 6. The largest absolute Gasteiger partial charge is 0.311 e. The first-order valence-electron chi connectivity index (χ1n) is 27.9. The predicted octanol–water partition coefficient (Wildman–Crippen LogP) is 17.9. The second kappa shape index (κ2) is 18.3. The molecule has 0 unspecified atom stereocenters. The van der Waals surface area contributed by atoms with Gasteiger partial charge in [0.25, 0.3) is 6.71 Å². The molecule has 5 heteroatoms. The van der Waals surface area contributed by atoms with Crippen LogP contribution in [-0.4, -0.2) is 16.3 Å². The molecule has 2 aliphatic heterocycles. The summed E-state index contributed by atoms with van der Waals surface area (Å²) in [5, 5.41) is 0. The molecule has 0 spiro atoms. The minimum absolute atomic E-state index is 0.0143. The third-order valence-electron chi connectivity index (χ3n) is 16.4. The summed E-state index contributed by atoms with van der Waals surface area (Å²) in [5.41, 5.74) is 25.8. The summed E-state index contributed by atoms with van der Waals surface area (Å²) < 4.78 is 2.46. The lowest BCUT2D eigenvalue weighted by molar-refractivity contribution is 0.590. The molecule has 0 radical (unpaired) electrons. The highest BCUT2D eigenvalue weighted by Crippen LogP contribution is 2.48. The second-order valence-corrected chi connectivity index (χ2v) is 26.6. The number of rotatable bonds is 7. The molecule has 9 aromatic rings. The molecular weight excluding hydrogens is 920 g/mol. The minimum Gasteiger partial charge on any atom is -0.311 e. The summed E-state index contributed by atoms with van der Waals surface area (Å²) in [6.07, 6.45) is 0. The van der Waals surface area contributed by atoms with Crippen LogP contribution in [0.3, 0.4) is 0 Å². The quantitative estimate of drug-likeness (QED) is 0.149. The fourth-order valence-electron chi connectivity index (χ4n) is 11.9. The number of aromatic nitrogens is 2. The van der Waals surface area contributed by atoms with Gasteiger partial charge in [0.05, 0.1) is 16.7 Å². The van der Waals surface area contributed by atoms with E-state index in [1.807, 2.05) is 0 Å². The molecule has 0 saturated carbocycles. The van der Waals surface area contributed by atoms with Gasteiger partial charge in [-0.15, -0.1) is 0 Å². The van der Waals surface area contributed by atoms with E-state index in [-0.39, 0.29) is 28.4 Å². The molecule has 0 aliphatic carbocycles. The van der Waals surface area contributed by atoms with Crippen LogP contribution >= 0.6 is 0 Å². The molecule has 0 amide bonds. The summed E-state index contributed by atoms with van der Waals surface area (Å²) in [5.74, 6) is 1.59. The number of imidazole rings is 1. The lowest BCUT2D eigenvalue weighted by atomic mass is 9.33. The highest BCUT2D eigenvalue weighted by Gasteiger charge is 2.45. The van der Waals surface area contributed by atoms with Gasteiger partial charge in [-0.3, -0.25) is 4.57 Å². The van der Waals surface area contributed by atoms with Crippen molar-refractivity contribution in [3.8, 4) is 28.2 Å². The molecular formula is C71H77BN4. The molecule has 76 heavy (non-hydrogen) atoms. The van der Waals surface area contributed by atoms with Gasteiger partial charge in [-0.1, -0.05) is 208 Å². The Morgan fingerprint density at radius 2 is 0.829 bits per heavy atom. The van der Waals surface area contributed by atoms with Gasteiger partial charge in [0.2, 0.25) is 0 Å². The summed E-state index contributed by atoms with van der Waals surface area (Å²) in [4.78, 5) is 10.7. The number of hydrogen-bond donors (Lipinski definition) is 0. The maximum atomic E-state index is 5.51. The molecule has 0 fully saturated rings. The van der Waals surface area contributed by atoms with Gasteiger partial charge in [-0.05, 0) is 161 Å². The fraction of sp³-hybridized carbons (Fsp3) is 0.310. The summed E-state index contributed by atoms with van der Waals surface area (Å²) >= 11 is 0. The van der Waals surface area contributed by atoms with Crippen molar-refractivity contribution in [1.82, 2.24) is 9.55 Å². The Morgan fingerprint density at radius 1 is 0.395 bits per heavy atom. The van der Waals surface area contributed by atoms with Crippen molar-refractivity contribution in [3.05, 3.63) is 197 Å². The van der Waals surface area contributed by atoms with E-state index < -0.39 is 0 Å². The van der Waals surface area contributed by atoms with Crippen molar-refractivity contribution in [2.24, 2.45) is 0 Å². The average Bonchev–Trinajstić information content (AvgIpc) is 3.87. The Morgan fingerprint density at radius 3 is 1.29 bits per heavy atom. The Labute approximate surface area is 455 Å². The van der Waals surface area contributed by atoms with Gasteiger partial charge < -0.3 is 9.80 Å². The molecule has 2 aliphatic rings. The standard InChI is InChI=1S/C71H77BN4/c1-44(2)55-23-20-24-56(45(3)4)66(55)76-62-26-18-17-25-59(62)73-67(76)47-22-19-21-46(39-47)48-40-63-65-64(41-48)75(54-35-29-50(30-36-54)69(8,9)10)61-38-32-52(71(14,15)16)43-58(61)72(65)57-42-51(70(11,12)13)31-37-60(57)74(63)53-33-27-49(28-34-53)68(5,6)7/h17-45H,1-16H3. The van der Waals surface area contributed by atoms with Crippen molar-refractivity contribution in [1.29, 1.82) is 0 Å². The van der Waals surface area contributed by atoms with Crippen LogP contribution in [0.15, 0.2) is 164 Å². The van der Waals surface area contributed by atoms with Gasteiger partial charge in [0.15, 0.2) is 0 Å². The third kappa shape index (κ3) is 8.78. The molecule has 11 rings (SSSR count). The molecule has 8 aromatic carbocycles. The van der Waals surface area contributed by atoms with E-state index in [9.17, 15) is 0 Å². The predicted molar refractivity (Wildman–Crippen MR) is 329 cm³/mol. The maximum absolute atomic E-state index is 5.51. The van der Waals surface area contributed by atoms with Crippen LogP contribution in [0.2, 0.25) is 0 Å². The molecule has 0 atom stereocenters. The number of benzene rings is 8. The molecule has 4 nitrogen and oxygen atoms in total. The molecule has 3 heterocycles. The smallest absolute Gasteiger partial charge is 0.252 e. The van der Waals surface area contributed by atoms with Gasteiger partial charge in [-0.25, -0.2) is 4.98 Å². The van der Waals surface area contributed by atoms with E-state index >= 15 is 0 Å². The monoisotopic (exact) mass is 997 g/mol. The zero-order chi connectivity index (χ0) is 54.0. The molecule has 384 valence electrons. The Hall–Kier alpha value is -7.11. The average molecular weight is 997 g/mol. The van der Waals surface area contributed by atoms with Crippen molar-refractivity contribution in [2.45, 2.75) is 144 Å². The Kier molecular flexibility index (Phi) is 12.3. The van der Waals surface area contributed by atoms with Crippen LogP contribution in [0.4, 0.5) is 34.1 Å². The Bertz CT molecular complexity index is 3520. The maximum Gasteiger partial charge on any atom is 0.252 e. The number of fused-ring (bicyclic) bond motifs is 5. The van der Waals surface area contributed by atoms with Crippen LogP contribution in [-0.2, 0) is 21.7 Å². The first kappa shape index (κ1) is 51.0. The second-order valence-electron chi connectivity index (χ2n) is 26.6. The van der Waals surface area contributed by atoms with Crippen LogP contribution in [0.1, 0.15) is 156 Å². The van der Waals surface area contributed by atoms with E-state index in [0.717, 1.165) is 44.9 Å². The summed E-state index contributed by atoms with van der Waals surface area (Å²) in [7, 11) is 0. The first-order valence-corrected chi connectivity index (χ1v) is 27.9. The lowest BCUT2D eigenvalue weighted by Crippen LogP contribution is -2.61. The van der Waals surface area contributed by atoms with Gasteiger partial charge in [0, 0.05) is 39.7 Å². The van der Waals surface area contributed by atoms with Crippen molar-refractivity contribution in [2.75, 3.05) is 9.80 Å². The zero-order valence-electron chi connectivity index (χ0n) is 48.1. The van der Waals surface area contributed by atoms with Crippen molar-refractivity contribution in [3.63, 3.8) is 0 Å². The van der Waals surface area contributed by atoms with E-state index in [1.54, 1.807) is 0 Å². The highest BCUT2D eigenvalue weighted by atomic mass is 15.2. The van der Waals surface area contributed by atoms with Crippen LogP contribution in [0.25, 0.3) is 39.2 Å². The summed E-state index contributed by atoms with van der Waals surface area (Å²) in [6, 6.07) is 63.1. The molecule has 0 saturated heterocycles. The van der Waals surface area contributed by atoms with E-state index in [4.69, 9.17) is 4.98 Å². The first-order chi connectivity index (χ1) is 35.9. The van der Waals surface area contributed by atoms with E-state index in [1.165, 1.54) is 78.2 Å². The molecule has 0 bridgehead atoms. The zero-order valence-corrected chi connectivity index (χ0v) is 48.1.